The highest BCUT2D eigenvalue weighted by Gasteiger charge is 2.08. The van der Waals surface area contributed by atoms with Crippen LogP contribution in [0.15, 0.2) is 0 Å². The van der Waals surface area contributed by atoms with Gasteiger partial charge in [-0.3, -0.25) is 9.98 Å². The van der Waals surface area contributed by atoms with Crippen LogP contribution in [0.3, 0.4) is 0 Å². The first-order chi connectivity index (χ1) is 7.00. The molecule has 2 aromatic heterocycles. The molecule has 0 aliphatic carbocycles. The van der Waals surface area contributed by atoms with Gasteiger partial charge in [-0.2, -0.15) is 4.98 Å². The minimum atomic E-state index is 0.0811. The van der Waals surface area contributed by atoms with Crippen LogP contribution < -0.4 is 11.4 Å². The van der Waals surface area contributed by atoms with Crippen molar-refractivity contribution in [1.29, 1.82) is 5.41 Å². The Balaban J connectivity index is 3.04. The number of rotatable bonds is 0. The molecule has 0 bridgehead atoms. The molecule has 3 N–H and O–H groups in total. The largest absolute Gasteiger partial charge is 0.382 e. The number of fused-ring (bicyclic) bond motifs is 1. The molecule has 6 nitrogen and oxygen atoms in total. The molecule has 2 heterocycles. The minimum Gasteiger partial charge on any atom is -0.382 e. The van der Waals surface area contributed by atoms with E-state index in [1.165, 1.54) is 0 Å². The highest BCUT2D eigenvalue weighted by Crippen LogP contribution is 2.13. The Labute approximate surface area is 86.3 Å². The molecule has 15 heavy (non-hydrogen) atoms. The molecule has 0 aliphatic heterocycles. The number of nitrogens with two attached hydrogens (primary N) is 1. The second kappa shape index (κ2) is 3.01. The van der Waals surface area contributed by atoms with E-state index in [2.05, 4.69) is 15.0 Å². The van der Waals surface area contributed by atoms with Crippen molar-refractivity contribution in [2.75, 3.05) is 5.73 Å². The Morgan fingerprint density at radius 3 is 2.40 bits per heavy atom. The lowest BCUT2D eigenvalue weighted by atomic mass is 10.3. The van der Waals surface area contributed by atoms with E-state index in [1.807, 2.05) is 13.8 Å². The molecule has 78 valence electrons. The molecular formula is C9H12N6. The van der Waals surface area contributed by atoms with Crippen LogP contribution in [-0.2, 0) is 7.05 Å². The van der Waals surface area contributed by atoms with E-state index in [4.69, 9.17) is 11.1 Å². The van der Waals surface area contributed by atoms with Crippen molar-refractivity contribution in [2.45, 2.75) is 13.8 Å². The van der Waals surface area contributed by atoms with Gasteiger partial charge >= 0.3 is 0 Å². The van der Waals surface area contributed by atoms with E-state index in [1.54, 1.807) is 11.6 Å². The van der Waals surface area contributed by atoms with Gasteiger partial charge in [0.1, 0.15) is 5.52 Å². The molecule has 0 fully saturated rings. The van der Waals surface area contributed by atoms with Crippen LogP contribution in [-0.4, -0.2) is 19.5 Å². The number of anilines is 1. The smallest absolute Gasteiger partial charge is 0.225 e. The lowest BCUT2D eigenvalue weighted by molar-refractivity contribution is 0.783. The van der Waals surface area contributed by atoms with Gasteiger partial charge in [-0.1, -0.05) is 0 Å². The zero-order valence-electron chi connectivity index (χ0n) is 8.87. The summed E-state index contributed by atoms with van der Waals surface area (Å²) >= 11 is 0. The summed E-state index contributed by atoms with van der Waals surface area (Å²) < 4.78 is 1.56. The summed E-state index contributed by atoms with van der Waals surface area (Å²) in [5.74, 6) is 0.253. The SMILES string of the molecule is Cc1nc2c(N)nc(=N)n(C)c2nc1C. The summed E-state index contributed by atoms with van der Waals surface area (Å²) in [5, 5.41) is 7.57. The molecule has 0 aromatic carbocycles. The van der Waals surface area contributed by atoms with E-state index in [0.717, 1.165) is 11.4 Å². The van der Waals surface area contributed by atoms with Crippen LogP contribution in [0.2, 0.25) is 0 Å². The number of nitrogens with zero attached hydrogens (tertiary/aromatic N) is 4. The third-order valence-corrected chi connectivity index (χ3v) is 2.39. The van der Waals surface area contributed by atoms with Gasteiger partial charge in [0.2, 0.25) is 5.62 Å². The maximum Gasteiger partial charge on any atom is 0.225 e. The second-order valence-corrected chi connectivity index (χ2v) is 3.45. The van der Waals surface area contributed by atoms with Crippen LogP contribution in [0.1, 0.15) is 11.4 Å². The van der Waals surface area contributed by atoms with Crippen LogP contribution in [0, 0.1) is 19.3 Å². The zero-order chi connectivity index (χ0) is 11.2. The molecule has 0 atom stereocenters. The Morgan fingerprint density at radius 1 is 1.13 bits per heavy atom. The summed E-state index contributed by atoms with van der Waals surface area (Å²) in [5.41, 5.74) is 8.59. The quantitative estimate of drug-likeness (QED) is 0.633. The van der Waals surface area contributed by atoms with Gasteiger partial charge in [-0.15, -0.1) is 0 Å². The number of nitrogen functional groups attached to an aromatic ring is 1. The molecule has 2 rings (SSSR count). The van der Waals surface area contributed by atoms with Gasteiger partial charge in [-0.25, -0.2) is 9.97 Å². The Hall–Kier alpha value is -1.98. The summed E-state index contributed by atoms with van der Waals surface area (Å²) in [6.07, 6.45) is 0. The molecule has 0 unspecified atom stereocenters. The highest BCUT2D eigenvalue weighted by molar-refractivity contribution is 5.80. The van der Waals surface area contributed by atoms with Crippen molar-refractivity contribution in [3.05, 3.63) is 17.0 Å². The first-order valence-electron chi connectivity index (χ1n) is 4.52. The van der Waals surface area contributed by atoms with Crippen LogP contribution >= 0.6 is 0 Å². The number of aromatic nitrogens is 4. The predicted octanol–water partition coefficient (Wildman–Crippen LogP) is 0.0418. The van der Waals surface area contributed by atoms with Gasteiger partial charge < -0.3 is 5.73 Å². The van der Waals surface area contributed by atoms with Crippen molar-refractivity contribution in [2.24, 2.45) is 7.05 Å². The molecule has 0 aliphatic rings. The fourth-order valence-corrected chi connectivity index (χ4v) is 1.34. The third-order valence-electron chi connectivity index (χ3n) is 2.39. The lowest BCUT2D eigenvalue weighted by Crippen LogP contribution is -2.23. The number of nitrogens with one attached hydrogen (secondary N) is 1. The second-order valence-electron chi connectivity index (χ2n) is 3.45. The lowest BCUT2D eigenvalue weighted by Gasteiger charge is -2.07. The molecule has 0 saturated heterocycles. The summed E-state index contributed by atoms with van der Waals surface area (Å²) in [7, 11) is 1.72. The summed E-state index contributed by atoms with van der Waals surface area (Å²) in [6.45, 7) is 3.75. The van der Waals surface area contributed by atoms with Crippen molar-refractivity contribution in [3.63, 3.8) is 0 Å². The van der Waals surface area contributed by atoms with E-state index in [0.29, 0.717) is 11.2 Å². The fraction of sp³-hybridized carbons (Fsp3) is 0.333. The van der Waals surface area contributed by atoms with Crippen molar-refractivity contribution < 1.29 is 0 Å². The topological polar surface area (TPSA) is 93.5 Å². The van der Waals surface area contributed by atoms with Gasteiger partial charge in [0.25, 0.3) is 0 Å². The number of hydrogen-bond donors (Lipinski definition) is 2. The summed E-state index contributed by atoms with van der Waals surface area (Å²) in [6, 6.07) is 0. The molecule has 0 saturated carbocycles. The Kier molecular flexibility index (Phi) is 1.92. The van der Waals surface area contributed by atoms with E-state index in [9.17, 15) is 0 Å². The standard InChI is InChI=1S/C9H12N6/c1-4-5(2)13-8-6(12-4)7(10)14-9(11)15(8)3/h1-3H3,(H3,10,11,14). The van der Waals surface area contributed by atoms with Crippen molar-refractivity contribution in [3.8, 4) is 0 Å². The van der Waals surface area contributed by atoms with Crippen LogP contribution in [0.5, 0.6) is 0 Å². The number of aryl methyl sites for hydroxylation is 3. The Bertz CT molecular complexity index is 598. The van der Waals surface area contributed by atoms with Gasteiger partial charge in [0.05, 0.1) is 11.4 Å². The van der Waals surface area contributed by atoms with Gasteiger partial charge in [0, 0.05) is 7.05 Å². The normalized spacial score (nSPS) is 10.9. The van der Waals surface area contributed by atoms with E-state index in [-0.39, 0.29) is 11.4 Å². The number of hydrogen-bond acceptors (Lipinski definition) is 5. The van der Waals surface area contributed by atoms with Crippen molar-refractivity contribution in [1.82, 2.24) is 19.5 Å². The molecular weight excluding hydrogens is 192 g/mol. The molecule has 0 radical (unpaired) electrons. The first kappa shape index (κ1) is 9.57. The molecule has 6 heteroatoms. The van der Waals surface area contributed by atoms with Crippen LogP contribution in [0.4, 0.5) is 5.82 Å². The minimum absolute atomic E-state index is 0.0811. The Morgan fingerprint density at radius 2 is 1.73 bits per heavy atom. The average molecular weight is 204 g/mol. The van der Waals surface area contributed by atoms with Crippen molar-refractivity contribution >= 4 is 17.0 Å². The highest BCUT2D eigenvalue weighted by atomic mass is 15.1. The van der Waals surface area contributed by atoms with E-state index >= 15 is 0 Å². The maximum atomic E-state index is 7.57. The first-order valence-corrected chi connectivity index (χ1v) is 4.52. The summed E-state index contributed by atoms with van der Waals surface area (Å²) in [4.78, 5) is 12.6. The third kappa shape index (κ3) is 1.34. The molecule has 2 aromatic rings. The zero-order valence-corrected chi connectivity index (χ0v) is 8.87. The van der Waals surface area contributed by atoms with Gasteiger partial charge in [-0.05, 0) is 13.8 Å². The monoisotopic (exact) mass is 204 g/mol. The average Bonchev–Trinajstić information content (AvgIpc) is 2.18. The molecule has 0 spiro atoms. The molecule has 0 amide bonds. The maximum absolute atomic E-state index is 7.57. The van der Waals surface area contributed by atoms with Crippen LogP contribution in [0.25, 0.3) is 11.2 Å². The fourth-order valence-electron chi connectivity index (χ4n) is 1.34. The predicted molar refractivity (Wildman–Crippen MR) is 56.0 cm³/mol. The van der Waals surface area contributed by atoms with E-state index < -0.39 is 0 Å². The van der Waals surface area contributed by atoms with Gasteiger partial charge in [0.15, 0.2) is 11.5 Å².